The summed E-state index contributed by atoms with van der Waals surface area (Å²) in [5, 5.41) is 0. The van der Waals surface area contributed by atoms with Crippen molar-refractivity contribution in [3.05, 3.63) is 71.8 Å². The normalized spacial score (nSPS) is 17.0. The van der Waals surface area contributed by atoms with Crippen LogP contribution in [-0.4, -0.2) is 25.9 Å². The van der Waals surface area contributed by atoms with Crippen LogP contribution < -0.4 is 0 Å². The van der Waals surface area contributed by atoms with E-state index in [1.54, 1.807) is 0 Å². The average molecular weight is 395 g/mol. The highest BCUT2D eigenvalue weighted by Crippen LogP contribution is 2.49. The van der Waals surface area contributed by atoms with Crippen LogP contribution in [0.4, 0.5) is 0 Å². The number of rotatable bonds is 10. The molecule has 1 saturated carbocycles. The first kappa shape index (κ1) is 19.4. The molecule has 1 aliphatic carbocycles. The van der Waals surface area contributed by atoms with E-state index in [2.05, 4.69) is 0 Å². The van der Waals surface area contributed by atoms with Crippen LogP contribution >= 0.6 is 10.7 Å². The summed E-state index contributed by atoms with van der Waals surface area (Å²) < 4.78 is 34.7. The number of hydrogen-bond donors (Lipinski definition) is 0. The lowest BCUT2D eigenvalue weighted by atomic mass is 10.1. The Morgan fingerprint density at radius 1 is 0.923 bits per heavy atom. The first-order chi connectivity index (χ1) is 12.5. The third-order valence-electron chi connectivity index (χ3n) is 4.67. The molecule has 140 valence electrons. The molecule has 0 radical (unpaired) electrons. The minimum atomic E-state index is -3.61. The molecular weight excluding hydrogens is 372 g/mol. The summed E-state index contributed by atoms with van der Waals surface area (Å²) in [5.41, 5.74) is 2.11. The van der Waals surface area contributed by atoms with Crippen molar-refractivity contribution in [1.82, 2.24) is 0 Å². The lowest BCUT2D eigenvalue weighted by Gasteiger charge is -2.22. The van der Waals surface area contributed by atoms with Gasteiger partial charge in [-0.1, -0.05) is 60.7 Å². The largest absolute Gasteiger partial charge is 0.374 e. The summed E-state index contributed by atoms with van der Waals surface area (Å²) in [6.45, 7) is 1.21. The van der Waals surface area contributed by atoms with Crippen molar-refractivity contribution < 1.29 is 17.9 Å². The van der Waals surface area contributed by atoms with Crippen LogP contribution in [0.2, 0.25) is 0 Å². The first-order valence-electron chi connectivity index (χ1n) is 8.70. The van der Waals surface area contributed by atoms with E-state index in [0.717, 1.165) is 11.1 Å². The number of benzene rings is 2. The second-order valence-electron chi connectivity index (χ2n) is 6.74. The Kier molecular flexibility index (Phi) is 6.35. The van der Waals surface area contributed by atoms with E-state index in [1.807, 2.05) is 60.7 Å². The maximum absolute atomic E-state index is 11.9. The second-order valence-corrected chi connectivity index (χ2v) is 9.70. The molecule has 1 atom stereocenters. The summed E-state index contributed by atoms with van der Waals surface area (Å²) >= 11 is 0. The lowest BCUT2D eigenvalue weighted by molar-refractivity contribution is -0.0344. The van der Waals surface area contributed by atoms with E-state index in [-0.39, 0.29) is 6.10 Å². The van der Waals surface area contributed by atoms with Gasteiger partial charge in [0, 0.05) is 10.7 Å². The van der Waals surface area contributed by atoms with Gasteiger partial charge in [-0.15, -0.1) is 0 Å². The maximum Gasteiger partial charge on any atom is 0.238 e. The fraction of sp³-hybridized carbons (Fsp3) is 0.400. The highest BCUT2D eigenvalue weighted by atomic mass is 35.7. The zero-order chi connectivity index (χ0) is 18.5. The van der Waals surface area contributed by atoms with Crippen LogP contribution in [0, 0.1) is 0 Å². The van der Waals surface area contributed by atoms with E-state index in [1.165, 1.54) is 0 Å². The van der Waals surface area contributed by atoms with Gasteiger partial charge in [0.2, 0.25) is 9.05 Å². The molecule has 0 saturated heterocycles. The number of hydrogen-bond acceptors (Lipinski definition) is 4. The molecule has 3 rings (SSSR count). The SMILES string of the molecule is O=S(=O)(Cl)C1(C[C@H](COCc2ccccc2)OCc2ccccc2)CC1. The molecule has 2 aromatic rings. The van der Waals surface area contributed by atoms with Gasteiger partial charge in [-0.2, -0.15) is 0 Å². The summed E-state index contributed by atoms with van der Waals surface area (Å²) in [5.74, 6) is 0. The Hall–Kier alpha value is -1.40. The van der Waals surface area contributed by atoms with E-state index in [9.17, 15) is 8.42 Å². The van der Waals surface area contributed by atoms with Crippen LogP contribution in [0.5, 0.6) is 0 Å². The van der Waals surface area contributed by atoms with Crippen molar-refractivity contribution in [1.29, 1.82) is 0 Å². The van der Waals surface area contributed by atoms with Crippen LogP contribution in [0.3, 0.4) is 0 Å². The van der Waals surface area contributed by atoms with Crippen molar-refractivity contribution in [3.63, 3.8) is 0 Å². The Bertz CT molecular complexity index is 789. The summed E-state index contributed by atoms with van der Waals surface area (Å²) in [4.78, 5) is 0. The first-order valence-corrected chi connectivity index (χ1v) is 11.0. The standard InChI is InChI=1S/C20H23ClO4S/c21-26(22,23)20(11-12-20)13-19(25-15-18-9-5-2-6-10-18)16-24-14-17-7-3-1-4-8-17/h1-10,19H,11-16H2/t19-/m1/s1. The fourth-order valence-electron chi connectivity index (χ4n) is 2.94. The van der Waals surface area contributed by atoms with Gasteiger partial charge < -0.3 is 9.47 Å². The molecule has 0 N–H and O–H groups in total. The quantitative estimate of drug-likeness (QED) is 0.564. The van der Waals surface area contributed by atoms with E-state index in [4.69, 9.17) is 20.2 Å². The predicted molar refractivity (Wildman–Crippen MR) is 102 cm³/mol. The van der Waals surface area contributed by atoms with E-state index in [0.29, 0.717) is 39.1 Å². The van der Waals surface area contributed by atoms with Gasteiger partial charge in [-0.05, 0) is 30.4 Å². The highest BCUT2D eigenvalue weighted by Gasteiger charge is 2.54. The van der Waals surface area contributed by atoms with Gasteiger partial charge in [-0.25, -0.2) is 8.42 Å². The average Bonchev–Trinajstić information content (AvgIpc) is 3.42. The smallest absolute Gasteiger partial charge is 0.238 e. The predicted octanol–water partition coefficient (Wildman–Crippen LogP) is 4.28. The van der Waals surface area contributed by atoms with Crippen molar-refractivity contribution in [2.24, 2.45) is 0 Å². The molecule has 2 aromatic carbocycles. The Labute approximate surface area is 159 Å². The zero-order valence-corrected chi connectivity index (χ0v) is 16.1. The van der Waals surface area contributed by atoms with Crippen molar-refractivity contribution >= 4 is 19.7 Å². The van der Waals surface area contributed by atoms with Crippen molar-refractivity contribution in [2.45, 2.75) is 43.3 Å². The van der Waals surface area contributed by atoms with Gasteiger partial charge >= 0.3 is 0 Å². The minimum absolute atomic E-state index is 0.324. The molecule has 0 bridgehead atoms. The molecule has 0 unspecified atom stereocenters. The molecular formula is C20H23ClO4S. The van der Waals surface area contributed by atoms with Crippen LogP contribution in [-0.2, 0) is 31.7 Å². The Morgan fingerprint density at radius 3 is 1.96 bits per heavy atom. The van der Waals surface area contributed by atoms with E-state index < -0.39 is 13.8 Å². The number of ether oxygens (including phenoxy) is 2. The molecule has 0 aromatic heterocycles. The molecule has 1 fully saturated rings. The molecule has 0 amide bonds. The van der Waals surface area contributed by atoms with Gasteiger partial charge in [0.05, 0.1) is 30.7 Å². The summed E-state index contributed by atoms with van der Waals surface area (Å²) in [7, 11) is 2.04. The van der Waals surface area contributed by atoms with Crippen LogP contribution in [0.15, 0.2) is 60.7 Å². The van der Waals surface area contributed by atoms with Crippen molar-refractivity contribution in [3.8, 4) is 0 Å². The van der Waals surface area contributed by atoms with Crippen LogP contribution in [0.1, 0.15) is 30.4 Å². The fourth-order valence-corrected chi connectivity index (χ4v) is 4.57. The van der Waals surface area contributed by atoms with Crippen molar-refractivity contribution in [2.75, 3.05) is 6.61 Å². The van der Waals surface area contributed by atoms with Crippen LogP contribution in [0.25, 0.3) is 0 Å². The zero-order valence-electron chi connectivity index (χ0n) is 14.5. The highest BCUT2D eigenvalue weighted by molar-refractivity contribution is 8.15. The third kappa shape index (κ3) is 5.30. The van der Waals surface area contributed by atoms with Gasteiger partial charge in [0.15, 0.2) is 0 Å². The summed E-state index contributed by atoms with van der Waals surface area (Å²) in [6.07, 6.45) is 1.21. The summed E-state index contributed by atoms with van der Waals surface area (Å²) in [6, 6.07) is 19.7. The lowest BCUT2D eigenvalue weighted by Crippen LogP contribution is -2.30. The van der Waals surface area contributed by atoms with Gasteiger partial charge in [0.25, 0.3) is 0 Å². The molecule has 0 spiro atoms. The Morgan fingerprint density at radius 2 is 1.46 bits per heavy atom. The second kappa shape index (κ2) is 8.53. The number of halogens is 1. The molecule has 6 heteroatoms. The maximum atomic E-state index is 11.9. The van der Waals surface area contributed by atoms with E-state index >= 15 is 0 Å². The molecule has 0 heterocycles. The Balaban J connectivity index is 1.59. The van der Waals surface area contributed by atoms with Gasteiger partial charge in [-0.3, -0.25) is 0 Å². The minimum Gasteiger partial charge on any atom is -0.374 e. The third-order valence-corrected chi connectivity index (χ3v) is 7.26. The molecule has 26 heavy (non-hydrogen) atoms. The molecule has 1 aliphatic rings. The van der Waals surface area contributed by atoms with Gasteiger partial charge in [0.1, 0.15) is 0 Å². The topological polar surface area (TPSA) is 52.6 Å². The molecule has 4 nitrogen and oxygen atoms in total. The monoisotopic (exact) mass is 394 g/mol. The molecule has 0 aliphatic heterocycles.